The number of carbonyl (C=O) groups excluding carboxylic acids is 1. The quantitative estimate of drug-likeness (QED) is 0.586. The second-order valence-corrected chi connectivity index (χ2v) is 9.40. The molecule has 2 heterocycles. The van der Waals surface area contributed by atoms with Gasteiger partial charge < -0.3 is 14.2 Å². The highest BCUT2D eigenvalue weighted by atomic mass is 19.1. The van der Waals surface area contributed by atoms with E-state index in [9.17, 15) is 14.4 Å². The Morgan fingerprint density at radius 2 is 2.03 bits per heavy atom. The first kappa shape index (κ1) is 23.1. The van der Waals surface area contributed by atoms with Gasteiger partial charge in [0.15, 0.2) is 12.0 Å². The van der Waals surface area contributed by atoms with Gasteiger partial charge >= 0.3 is 6.09 Å². The van der Waals surface area contributed by atoms with Crippen LogP contribution in [0.1, 0.15) is 76.3 Å². The fourth-order valence-corrected chi connectivity index (χ4v) is 3.93. The Morgan fingerprint density at radius 1 is 1.27 bits per heavy atom. The molecule has 176 valence electrons. The van der Waals surface area contributed by atoms with E-state index in [-0.39, 0.29) is 23.2 Å². The zero-order valence-electron chi connectivity index (χ0n) is 19.4. The van der Waals surface area contributed by atoms with Crippen molar-refractivity contribution in [1.82, 2.24) is 9.78 Å². The summed E-state index contributed by atoms with van der Waals surface area (Å²) in [6.07, 6.45) is 4.04. The number of hydrogen-bond donors (Lipinski definition) is 0. The van der Waals surface area contributed by atoms with Crippen LogP contribution < -0.4 is 9.64 Å². The van der Waals surface area contributed by atoms with E-state index in [4.69, 9.17) is 19.3 Å². The third-order valence-electron chi connectivity index (χ3n) is 5.61. The molecule has 1 amide bonds. The molecule has 4 rings (SSSR count). The summed E-state index contributed by atoms with van der Waals surface area (Å²) in [7, 11) is 1.40. The Morgan fingerprint density at radius 3 is 2.61 bits per heavy atom. The molecule has 1 aromatic heterocycles. The number of nitriles is 1. The number of methoxy groups -OCH3 is 1. The van der Waals surface area contributed by atoms with Crippen LogP contribution in [0, 0.1) is 17.1 Å². The van der Waals surface area contributed by atoms with Crippen LogP contribution in [0.3, 0.4) is 0 Å². The van der Waals surface area contributed by atoms with Crippen LogP contribution in [-0.4, -0.2) is 35.2 Å². The Labute approximate surface area is 192 Å². The maximum atomic E-state index is 14.7. The molecule has 9 heteroatoms. The summed E-state index contributed by atoms with van der Waals surface area (Å²) >= 11 is 0. The molecule has 0 N–H and O–H groups in total. The molecule has 1 aliphatic heterocycles. The van der Waals surface area contributed by atoms with Crippen molar-refractivity contribution in [2.75, 3.05) is 18.6 Å². The molecule has 8 nitrogen and oxygen atoms in total. The summed E-state index contributed by atoms with van der Waals surface area (Å²) in [6, 6.07) is 6.01. The second-order valence-electron chi connectivity index (χ2n) is 9.40. The number of aromatic nitrogens is 2. The summed E-state index contributed by atoms with van der Waals surface area (Å²) in [5, 5.41) is 14.0. The van der Waals surface area contributed by atoms with Gasteiger partial charge in [0.1, 0.15) is 23.2 Å². The maximum absolute atomic E-state index is 14.7. The summed E-state index contributed by atoms with van der Waals surface area (Å²) in [4.78, 5) is 14.6. The predicted octanol–water partition coefficient (Wildman–Crippen LogP) is 5.55. The lowest BCUT2D eigenvalue weighted by Crippen LogP contribution is -2.34. The van der Waals surface area contributed by atoms with E-state index in [1.807, 2.05) is 10.7 Å². The van der Waals surface area contributed by atoms with Crippen molar-refractivity contribution >= 4 is 17.6 Å². The van der Waals surface area contributed by atoms with Gasteiger partial charge in [-0.25, -0.2) is 18.8 Å². The average molecular weight is 457 g/mol. The van der Waals surface area contributed by atoms with Gasteiger partial charge in [0.25, 0.3) is 0 Å². The van der Waals surface area contributed by atoms with Crippen molar-refractivity contribution in [3.8, 4) is 11.8 Å². The number of amides is 1. The molecule has 1 saturated carbocycles. The molecule has 2 aliphatic rings. The molecule has 0 radical (unpaired) electrons. The number of ether oxygens (including phenoxy) is 3. The van der Waals surface area contributed by atoms with Gasteiger partial charge in [0, 0.05) is 36.4 Å². The lowest BCUT2D eigenvalue weighted by Gasteiger charge is -2.27. The highest BCUT2D eigenvalue weighted by molar-refractivity contribution is 5.97. The smallest absolute Gasteiger partial charge is 0.420 e. The number of nitrogens with zero attached hydrogens (tertiary/aromatic N) is 4. The zero-order chi connectivity index (χ0) is 23.8. The van der Waals surface area contributed by atoms with E-state index >= 15 is 0 Å². The van der Waals surface area contributed by atoms with Gasteiger partial charge in [-0.1, -0.05) is 0 Å². The molecule has 33 heavy (non-hydrogen) atoms. The number of carbonyl (C=O) groups is 1. The highest BCUT2D eigenvalue weighted by Gasteiger charge is 2.35. The molecule has 1 unspecified atom stereocenters. The molecular formula is C24H29FN4O4. The van der Waals surface area contributed by atoms with Crippen LogP contribution >= 0.6 is 0 Å². The number of anilines is 2. The van der Waals surface area contributed by atoms with Crippen LogP contribution in [0.2, 0.25) is 0 Å². The van der Waals surface area contributed by atoms with Crippen molar-refractivity contribution in [1.29, 1.82) is 5.26 Å². The van der Waals surface area contributed by atoms with E-state index in [0.717, 1.165) is 43.9 Å². The minimum absolute atomic E-state index is 0.111. The SMILES string of the molecule is COc1cc(C#N)c(F)cc1N(C(=O)OC(C)(C)C)c1cc(C2CC2)n(C2CCCCO2)n1. The van der Waals surface area contributed by atoms with Crippen LogP contribution in [-0.2, 0) is 9.47 Å². The molecule has 1 saturated heterocycles. The molecule has 1 aromatic carbocycles. The molecule has 0 bridgehead atoms. The van der Waals surface area contributed by atoms with E-state index in [1.165, 1.54) is 18.1 Å². The van der Waals surface area contributed by atoms with Crippen LogP contribution in [0.15, 0.2) is 18.2 Å². The number of halogens is 1. The largest absolute Gasteiger partial charge is 0.495 e. The minimum atomic E-state index is -0.790. The van der Waals surface area contributed by atoms with E-state index in [2.05, 4.69) is 0 Å². The molecule has 1 aliphatic carbocycles. The Hall–Kier alpha value is -3.12. The van der Waals surface area contributed by atoms with Gasteiger partial charge in [-0.2, -0.15) is 10.4 Å². The number of rotatable bonds is 5. The molecule has 0 spiro atoms. The predicted molar refractivity (Wildman–Crippen MR) is 119 cm³/mol. The van der Waals surface area contributed by atoms with E-state index in [1.54, 1.807) is 26.8 Å². The van der Waals surface area contributed by atoms with Crippen molar-refractivity contribution in [2.24, 2.45) is 0 Å². The first-order chi connectivity index (χ1) is 15.7. The molecule has 2 fully saturated rings. The Bertz CT molecular complexity index is 1080. The molecular weight excluding hydrogens is 427 g/mol. The zero-order valence-corrected chi connectivity index (χ0v) is 19.4. The normalized spacial score (nSPS) is 18.5. The van der Waals surface area contributed by atoms with Gasteiger partial charge in [-0.15, -0.1) is 0 Å². The van der Waals surface area contributed by atoms with Crippen LogP contribution in [0.5, 0.6) is 5.75 Å². The lowest BCUT2D eigenvalue weighted by molar-refractivity contribution is -0.0410. The van der Waals surface area contributed by atoms with Crippen molar-refractivity contribution in [3.05, 3.63) is 35.3 Å². The number of benzene rings is 1. The van der Waals surface area contributed by atoms with Crippen molar-refractivity contribution in [3.63, 3.8) is 0 Å². The third kappa shape index (κ3) is 4.96. The summed E-state index contributed by atoms with van der Waals surface area (Å²) in [5.41, 5.74) is 0.125. The first-order valence-corrected chi connectivity index (χ1v) is 11.2. The summed E-state index contributed by atoms with van der Waals surface area (Å²) < 4.78 is 33.5. The fraction of sp³-hybridized carbons (Fsp3) is 0.542. The third-order valence-corrected chi connectivity index (χ3v) is 5.61. The van der Waals surface area contributed by atoms with Gasteiger partial charge in [0.2, 0.25) is 0 Å². The highest BCUT2D eigenvalue weighted by Crippen LogP contribution is 2.45. The lowest BCUT2D eigenvalue weighted by atomic mass is 10.1. The average Bonchev–Trinajstić information content (AvgIpc) is 3.53. The summed E-state index contributed by atoms with van der Waals surface area (Å²) in [5.74, 6) is 0.0363. The Balaban J connectivity index is 1.84. The van der Waals surface area contributed by atoms with Crippen LogP contribution in [0.25, 0.3) is 0 Å². The monoisotopic (exact) mass is 456 g/mol. The summed E-state index contributed by atoms with van der Waals surface area (Å²) in [6.45, 7) is 5.92. The van der Waals surface area contributed by atoms with Gasteiger partial charge in [-0.3, -0.25) is 0 Å². The number of hydrogen-bond acceptors (Lipinski definition) is 6. The minimum Gasteiger partial charge on any atom is -0.495 e. The van der Waals surface area contributed by atoms with E-state index < -0.39 is 17.5 Å². The van der Waals surface area contributed by atoms with Gasteiger partial charge in [-0.05, 0) is 52.9 Å². The van der Waals surface area contributed by atoms with Crippen molar-refractivity contribution < 1.29 is 23.4 Å². The van der Waals surface area contributed by atoms with E-state index in [0.29, 0.717) is 18.3 Å². The standard InChI is InChI=1S/C24H29FN4O4/c1-24(2,3)33-23(30)28(19-12-17(25)16(14-26)11-20(19)31-4)21-13-18(15-8-9-15)29(27-21)22-7-5-6-10-32-22/h11-13,15,22H,5-10H2,1-4H3. The first-order valence-electron chi connectivity index (χ1n) is 11.2. The molecule has 1 atom stereocenters. The maximum Gasteiger partial charge on any atom is 0.420 e. The van der Waals surface area contributed by atoms with Gasteiger partial charge in [0.05, 0.1) is 18.4 Å². The Kier molecular flexibility index (Phi) is 6.30. The fourth-order valence-electron chi connectivity index (χ4n) is 3.93. The van der Waals surface area contributed by atoms with Crippen LogP contribution in [0.4, 0.5) is 20.7 Å². The topological polar surface area (TPSA) is 89.6 Å². The second kappa shape index (κ2) is 9.02. The molecule has 2 aromatic rings. The van der Waals surface area contributed by atoms with Crippen molar-refractivity contribution in [2.45, 2.75) is 70.6 Å².